The van der Waals surface area contributed by atoms with Crippen molar-refractivity contribution in [1.82, 2.24) is 5.32 Å². The summed E-state index contributed by atoms with van der Waals surface area (Å²) in [5.41, 5.74) is 2.08. The zero-order chi connectivity index (χ0) is 14.7. The van der Waals surface area contributed by atoms with Crippen molar-refractivity contribution in [3.05, 3.63) is 29.6 Å². The van der Waals surface area contributed by atoms with Crippen LogP contribution in [0.25, 0.3) is 0 Å². The molecule has 0 aliphatic heterocycles. The third-order valence-corrected chi connectivity index (χ3v) is 4.81. The number of hydrogen-bond acceptors (Lipinski definition) is 2. The summed E-state index contributed by atoms with van der Waals surface area (Å²) in [4.78, 5) is 2.24. The molecule has 2 fully saturated rings. The monoisotopic (exact) mass is 290 g/mol. The highest BCUT2D eigenvalue weighted by Crippen LogP contribution is 2.27. The van der Waals surface area contributed by atoms with Crippen LogP contribution in [0.15, 0.2) is 18.2 Å². The van der Waals surface area contributed by atoms with Crippen molar-refractivity contribution in [3.8, 4) is 0 Å². The van der Waals surface area contributed by atoms with Gasteiger partial charge in [0.1, 0.15) is 5.82 Å². The zero-order valence-electron chi connectivity index (χ0n) is 13.1. The topological polar surface area (TPSA) is 15.3 Å². The zero-order valence-corrected chi connectivity index (χ0v) is 13.1. The van der Waals surface area contributed by atoms with Crippen molar-refractivity contribution >= 4 is 5.69 Å². The minimum Gasteiger partial charge on any atom is -0.374 e. The van der Waals surface area contributed by atoms with Crippen molar-refractivity contribution in [2.24, 2.45) is 5.92 Å². The Morgan fingerprint density at radius 3 is 2.57 bits per heavy atom. The van der Waals surface area contributed by atoms with Gasteiger partial charge in [-0.2, -0.15) is 0 Å². The van der Waals surface area contributed by atoms with E-state index in [4.69, 9.17) is 0 Å². The summed E-state index contributed by atoms with van der Waals surface area (Å²) in [6.45, 7) is 1.84. The molecule has 0 bridgehead atoms. The Kier molecular flexibility index (Phi) is 4.79. The first-order chi connectivity index (χ1) is 10.2. The Bertz CT molecular complexity index is 464. The van der Waals surface area contributed by atoms with E-state index >= 15 is 0 Å². The lowest BCUT2D eigenvalue weighted by atomic mass is 9.89. The van der Waals surface area contributed by atoms with Crippen LogP contribution in [0.2, 0.25) is 0 Å². The Morgan fingerprint density at radius 1 is 1.10 bits per heavy atom. The predicted molar refractivity (Wildman–Crippen MR) is 86.1 cm³/mol. The van der Waals surface area contributed by atoms with Gasteiger partial charge in [-0.05, 0) is 55.4 Å². The highest BCUT2D eigenvalue weighted by Gasteiger charge is 2.20. The maximum Gasteiger partial charge on any atom is 0.125 e. The van der Waals surface area contributed by atoms with Crippen LogP contribution in [0.3, 0.4) is 0 Å². The van der Waals surface area contributed by atoms with Crippen LogP contribution < -0.4 is 10.2 Å². The van der Waals surface area contributed by atoms with Gasteiger partial charge in [-0.15, -0.1) is 0 Å². The van der Waals surface area contributed by atoms with Crippen LogP contribution in [-0.2, 0) is 6.54 Å². The van der Waals surface area contributed by atoms with Gasteiger partial charge in [0.25, 0.3) is 0 Å². The third kappa shape index (κ3) is 4.44. The molecule has 2 nitrogen and oxygen atoms in total. The van der Waals surface area contributed by atoms with Gasteiger partial charge >= 0.3 is 0 Å². The summed E-state index contributed by atoms with van der Waals surface area (Å²) in [5.74, 6) is 0.663. The summed E-state index contributed by atoms with van der Waals surface area (Å²) in [6, 6.07) is 6.13. The van der Waals surface area contributed by atoms with E-state index in [-0.39, 0.29) is 5.82 Å². The molecule has 1 aromatic carbocycles. The van der Waals surface area contributed by atoms with Crippen molar-refractivity contribution in [3.63, 3.8) is 0 Å². The molecular formula is C18H27FN2. The number of halogens is 1. The molecule has 21 heavy (non-hydrogen) atoms. The summed E-state index contributed by atoms with van der Waals surface area (Å²) in [6.07, 6.45) is 9.30. The number of benzene rings is 1. The van der Waals surface area contributed by atoms with E-state index in [1.54, 1.807) is 12.1 Å². The van der Waals surface area contributed by atoms with Crippen LogP contribution in [0, 0.1) is 11.7 Å². The van der Waals surface area contributed by atoms with Crippen molar-refractivity contribution in [2.75, 3.05) is 18.5 Å². The molecule has 116 valence electrons. The van der Waals surface area contributed by atoms with Crippen LogP contribution in [0.4, 0.5) is 10.1 Å². The lowest BCUT2D eigenvalue weighted by Gasteiger charge is -2.28. The molecule has 1 N–H and O–H groups in total. The molecule has 0 radical (unpaired) electrons. The smallest absolute Gasteiger partial charge is 0.125 e. The van der Waals surface area contributed by atoms with E-state index in [0.717, 1.165) is 30.3 Å². The minimum absolute atomic E-state index is 0.115. The first-order valence-corrected chi connectivity index (χ1v) is 8.45. The normalized spacial score (nSPS) is 19.7. The molecule has 3 rings (SSSR count). The van der Waals surface area contributed by atoms with Gasteiger partial charge in [0.05, 0.1) is 0 Å². The average Bonchev–Trinajstić information content (AvgIpc) is 3.30. The Morgan fingerprint density at radius 2 is 1.86 bits per heavy atom. The lowest BCUT2D eigenvalue weighted by Crippen LogP contribution is -2.27. The summed E-state index contributed by atoms with van der Waals surface area (Å²) >= 11 is 0. The molecule has 0 unspecified atom stereocenters. The average molecular weight is 290 g/mol. The standard InChI is InChI=1S/C18H27FN2/c1-21(13-14-5-3-2-4-6-14)18-10-15(9-16(19)11-18)12-20-17-7-8-17/h9-11,14,17,20H,2-8,12-13H2,1H3. The molecule has 0 saturated heterocycles. The first kappa shape index (κ1) is 14.8. The summed E-state index contributed by atoms with van der Waals surface area (Å²) in [7, 11) is 2.10. The second-order valence-electron chi connectivity index (χ2n) is 6.86. The van der Waals surface area contributed by atoms with Crippen molar-refractivity contribution in [1.29, 1.82) is 0 Å². The maximum absolute atomic E-state index is 13.9. The quantitative estimate of drug-likeness (QED) is 0.848. The molecule has 0 heterocycles. The lowest BCUT2D eigenvalue weighted by molar-refractivity contribution is 0.362. The maximum atomic E-state index is 13.9. The van der Waals surface area contributed by atoms with Gasteiger partial charge < -0.3 is 10.2 Å². The van der Waals surface area contributed by atoms with Crippen LogP contribution in [0.1, 0.15) is 50.5 Å². The van der Waals surface area contributed by atoms with E-state index in [2.05, 4.69) is 23.3 Å². The van der Waals surface area contributed by atoms with Crippen LogP contribution >= 0.6 is 0 Å². The van der Waals surface area contributed by atoms with Crippen LogP contribution in [-0.4, -0.2) is 19.6 Å². The molecule has 0 atom stereocenters. The molecular weight excluding hydrogens is 263 g/mol. The van der Waals surface area contributed by atoms with E-state index < -0.39 is 0 Å². The Balaban J connectivity index is 1.61. The molecule has 2 saturated carbocycles. The van der Waals surface area contributed by atoms with E-state index in [0.29, 0.717) is 6.04 Å². The van der Waals surface area contributed by atoms with Gasteiger partial charge in [-0.1, -0.05) is 19.3 Å². The Hall–Kier alpha value is -1.09. The van der Waals surface area contributed by atoms with E-state index in [9.17, 15) is 4.39 Å². The number of nitrogens with one attached hydrogen (secondary N) is 1. The fraction of sp³-hybridized carbons (Fsp3) is 0.667. The van der Waals surface area contributed by atoms with Crippen LogP contribution in [0.5, 0.6) is 0 Å². The SMILES string of the molecule is CN(CC1CCCCC1)c1cc(F)cc(CNC2CC2)c1. The second-order valence-corrected chi connectivity index (χ2v) is 6.86. The molecule has 2 aliphatic rings. The van der Waals surface area contributed by atoms with Crippen molar-refractivity contribution < 1.29 is 4.39 Å². The minimum atomic E-state index is -0.115. The molecule has 2 aliphatic carbocycles. The molecule has 0 aromatic heterocycles. The number of anilines is 1. The second kappa shape index (κ2) is 6.78. The largest absolute Gasteiger partial charge is 0.374 e. The van der Waals surface area contributed by atoms with Gasteiger partial charge in [-0.3, -0.25) is 0 Å². The molecule has 0 amide bonds. The number of nitrogens with zero attached hydrogens (tertiary/aromatic N) is 1. The van der Waals surface area contributed by atoms with Gasteiger partial charge in [0.15, 0.2) is 0 Å². The summed E-state index contributed by atoms with van der Waals surface area (Å²) < 4.78 is 13.9. The molecule has 1 aromatic rings. The highest BCUT2D eigenvalue weighted by atomic mass is 19.1. The van der Waals surface area contributed by atoms with Crippen molar-refractivity contribution in [2.45, 2.75) is 57.5 Å². The Labute approximate surface area is 127 Å². The third-order valence-electron chi connectivity index (χ3n) is 4.81. The van der Waals surface area contributed by atoms with E-state index in [1.165, 1.54) is 44.9 Å². The van der Waals surface area contributed by atoms with Gasteiger partial charge in [-0.25, -0.2) is 4.39 Å². The fourth-order valence-electron chi connectivity index (χ4n) is 3.37. The number of rotatable bonds is 6. The summed E-state index contributed by atoms with van der Waals surface area (Å²) in [5, 5.41) is 3.46. The first-order valence-electron chi connectivity index (χ1n) is 8.45. The number of hydrogen-bond donors (Lipinski definition) is 1. The van der Waals surface area contributed by atoms with Gasteiger partial charge in [0, 0.05) is 31.9 Å². The van der Waals surface area contributed by atoms with E-state index in [1.807, 2.05) is 0 Å². The molecule has 3 heteroatoms. The highest BCUT2D eigenvalue weighted by molar-refractivity contribution is 5.48. The van der Waals surface area contributed by atoms with Gasteiger partial charge in [0.2, 0.25) is 0 Å². The fourth-order valence-corrected chi connectivity index (χ4v) is 3.37. The molecule has 0 spiro atoms. The predicted octanol–water partition coefficient (Wildman–Crippen LogP) is 4.09.